The summed E-state index contributed by atoms with van der Waals surface area (Å²) in [5, 5.41) is 0. The molecular formula is C10H14BF2NO3. The molecule has 0 spiro atoms. The lowest BCUT2D eigenvalue weighted by Gasteiger charge is -2.32. The number of nitrogens with zero attached hydrogens (tertiary/aromatic N) is 1. The van der Waals surface area contributed by atoms with E-state index >= 15 is 0 Å². The molecule has 0 atom stereocenters. The van der Waals surface area contributed by atoms with Gasteiger partial charge < -0.3 is 13.7 Å². The largest absolute Gasteiger partial charge is 0.517 e. The molecule has 2 rings (SSSR count). The summed E-state index contributed by atoms with van der Waals surface area (Å²) < 4.78 is 40.6. The van der Waals surface area contributed by atoms with Crippen molar-refractivity contribution in [3.05, 3.63) is 12.2 Å². The van der Waals surface area contributed by atoms with Crippen LogP contribution in [-0.4, -0.2) is 23.3 Å². The van der Waals surface area contributed by atoms with E-state index in [0.717, 1.165) is 6.26 Å². The average molecular weight is 245 g/mol. The van der Waals surface area contributed by atoms with Gasteiger partial charge in [-0.3, -0.25) is 0 Å². The molecule has 1 aliphatic heterocycles. The van der Waals surface area contributed by atoms with Gasteiger partial charge in [0.15, 0.2) is 0 Å². The fraction of sp³-hybridized carbons (Fsp3) is 0.700. The predicted octanol–water partition coefficient (Wildman–Crippen LogP) is 1.91. The zero-order valence-electron chi connectivity index (χ0n) is 10.2. The third kappa shape index (κ3) is 2.09. The van der Waals surface area contributed by atoms with Crippen molar-refractivity contribution < 1.29 is 22.5 Å². The van der Waals surface area contributed by atoms with Crippen molar-refractivity contribution in [2.45, 2.75) is 45.3 Å². The van der Waals surface area contributed by atoms with Crippen LogP contribution in [0.2, 0.25) is 0 Å². The Bertz CT molecular complexity index is 403. The highest BCUT2D eigenvalue weighted by atomic mass is 19.3. The molecule has 2 heterocycles. The smallest absolute Gasteiger partial charge is 0.444 e. The summed E-state index contributed by atoms with van der Waals surface area (Å²) in [5.41, 5.74) is -0.817. The summed E-state index contributed by atoms with van der Waals surface area (Å²) >= 11 is 0. The normalized spacial score (nSPS) is 22.4. The molecule has 4 nitrogen and oxygen atoms in total. The second kappa shape index (κ2) is 3.78. The number of alkyl halides is 2. The monoisotopic (exact) mass is 245 g/mol. The van der Waals surface area contributed by atoms with Crippen molar-refractivity contribution in [3.63, 3.8) is 0 Å². The summed E-state index contributed by atoms with van der Waals surface area (Å²) in [6.07, 6.45) is -1.59. The predicted molar refractivity (Wildman–Crippen MR) is 57.2 cm³/mol. The van der Waals surface area contributed by atoms with Crippen molar-refractivity contribution in [1.29, 1.82) is 0 Å². The fourth-order valence-corrected chi connectivity index (χ4v) is 1.47. The fourth-order valence-electron chi connectivity index (χ4n) is 1.47. The van der Waals surface area contributed by atoms with E-state index in [0.29, 0.717) is 0 Å². The van der Waals surface area contributed by atoms with Gasteiger partial charge >= 0.3 is 13.5 Å². The Morgan fingerprint density at radius 2 is 1.71 bits per heavy atom. The van der Waals surface area contributed by atoms with E-state index < -0.39 is 30.6 Å². The molecule has 1 aliphatic rings. The molecule has 0 unspecified atom stereocenters. The Morgan fingerprint density at radius 1 is 1.18 bits per heavy atom. The van der Waals surface area contributed by atoms with Gasteiger partial charge in [0.2, 0.25) is 0 Å². The quantitative estimate of drug-likeness (QED) is 0.746. The first-order valence-corrected chi connectivity index (χ1v) is 5.32. The Labute approximate surface area is 98.4 Å². The molecule has 0 bridgehead atoms. The van der Waals surface area contributed by atoms with Gasteiger partial charge in [-0.25, -0.2) is 4.98 Å². The molecule has 0 aromatic carbocycles. The third-order valence-corrected chi connectivity index (χ3v) is 3.22. The van der Waals surface area contributed by atoms with Crippen LogP contribution in [0.25, 0.3) is 0 Å². The maximum absolute atomic E-state index is 12.3. The van der Waals surface area contributed by atoms with E-state index in [1.165, 1.54) is 0 Å². The van der Waals surface area contributed by atoms with E-state index in [-0.39, 0.29) is 5.59 Å². The highest BCUT2D eigenvalue weighted by Gasteiger charge is 2.53. The summed E-state index contributed by atoms with van der Waals surface area (Å²) in [5.74, 6) is -0.616. The minimum Gasteiger partial charge on any atom is -0.444 e. The van der Waals surface area contributed by atoms with Gasteiger partial charge in [0.1, 0.15) is 11.9 Å². The van der Waals surface area contributed by atoms with Crippen LogP contribution >= 0.6 is 0 Å². The Balaban J connectivity index is 2.20. The van der Waals surface area contributed by atoms with Crippen LogP contribution in [0.1, 0.15) is 40.0 Å². The Morgan fingerprint density at radius 3 is 2.12 bits per heavy atom. The maximum atomic E-state index is 12.3. The van der Waals surface area contributed by atoms with Gasteiger partial charge in [-0.1, -0.05) is 0 Å². The molecule has 94 valence electrons. The van der Waals surface area contributed by atoms with E-state index in [9.17, 15) is 8.78 Å². The number of aromatic nitrogens is 1. The van der Waals surface area contributed by atoms with Crippen LogP contribution in [-0.2, 0) is 9.31 Å². The van der Waals surface area contributed by atoms with E-state index in [1.54, 1.807) is 0 Å². The lowest BCUT2D eigenvalue weighted by Crippen LogP contribution is -2.41. The van der Waals surface area contributed by atoms with Crippen LogP contribution < -0.4 is 5.59 Å². The molecule has 1 fully saturated rings. The zero-order valence-corrected chi connectivity index (χ0v) is 10.2. The Hall–Kier alpha value is -0.945. The third-order valence-electron chi connectivity index (χ3n) is 3.22. The molecule has 7 heteroatoms. The van der Waals surface area contributed by atoms with Crippen molar-refractivity contribution in [2.24, 2.45) is 0 Å². The number of hydrogen-bond acceptors (Lipinski definition) is 4. The first-order valence-electron chi connectivity index (χ1n) is 5.32. The summed E-state index contributed by atoms with van der Waals surface area (Å²) in [4.78, 5) is 3.66. The van der Waals surface area contributed by atoms with Gasteiger partial charge in [0.05, 0.1) is 11.2 Å². The minimum absolute atomic E-state index is 0.235. The molecule has 0 amide bonds. The molecule has 1 aromatic rings. The molecule has 17 heavy (non-hydrogen) atoms. The molecule has 0 saturated carbocycles. The first-order chi connectivity index (χ1) is 7.73. The molecule has 0 radical (unpaired) electrons. The number of halogens is 2. The zero-order chi connectivity index (χ0) is 12.8. The van der Waals surface area contributed by atoms with Crippen LogP contribution in [0, 0.1) is 0 Å². The van der Waals surface area contributed by atoms with E-state index in [4.69, 9.17) is 9.31 Å². The molecule has 1 aromatic heterocycles. The standard InChI is InChI=1S/C10H14BF2NO3/c1-9(2)10(3,4)17-11(16-9)6-5-15-8(14-6)7(12)13/h5,7H,1-4H3. The number of oxazole rings is 1. The first kappa shape index (κ1) is 12.5. The average Bonchev–Trinajstić information content (AvgIpc) is 2.70. The SMILES string of the molecule is CC1(C)OB(c2coc(C(F)F)n2)OC1(C)C. The van der Waals surface area contributed by atoms with Crippen LogP contribution in [0.5, 0.6) is 0 Å². The second-order valence-corrected chi connectivity index (χ2v) is 5.00. The summed E-state index contributed by atoms with van der Waals surface area (Å²) in [6, 6.07) is 0. The molecule has 0 N–H and O–H groups in total. The van der Waals surface area contributed by atoms with Crippen LogP contribution in [0.4, 0.5) is 8.78 Å². The van der Waals surface area contributed by atoms with Gasteiger partial charge in [-0.2, -0.15) is 8.78 Å². The van der Waals surface area contributed by atoms with Crippen LogP contribution in [0.15, 0.2) is 10.7 Å². The highest BCUT2D eigenvalue weighted by Crippen LogP contribution is 2.36. The Kier molecular flexibility index (Phi) is 2.78. The minimum atomic E-state index is -2.73. The van der Waals surface area contributed by atoms with Crippen molar-refractivity contribution >= 4 is 12.7 Å². The van der Waals surface area contributed by atoms with E-state index in [1.807, 2.05) is 27.7 Å². The van der Waals surface area contributed by atoms with Gasteiger partial charge in [0.25, 0.3) is 5.89 Å². The molecule has 1 saturated heterocycles. The summed E-state index contributed by atoms with van der Waals surface area (Å²) in [6.45, 7) is 7.50. The van der Waals surface area contributed by atoms with Crippen molar-refractivity contribution in [1.82, 2.24) is 4.98 Å². The van der Waals surface area contributed by atoms with Crippen molar-refractivity contribution in [3.8, 4) is 0 Å². The maximum Gasteiger partial charge on any atom is 0.517 e. The lowest BCUT2D eigenvalue weighted by atomic mass is 9.86. The van der Waals surface area contributed by atoms with Gasteiger partial charge in [0, 0.05) is 0 Å². The topological polar surface area (TPSA) is 44.5 Å². The molecular weight excluding hydrogens is 231 g/mol. The van der Waals surface area contributed by atoms with Crippen molar-refractivity contribution in [2.75, 3.05) is 0 Å². The number of hydrogen-bond donors (Lipinski definition) is 0. The van der Waals surface area contributed by atoms with Gasteiger partial charge in [-0.05, 0) is 27.7 Å². The highest BCUT2D eigenvalue weighted by molar-refractivity contribution is 6.61. The van der Waals surface area contributed by atoms with Crippen LogP contribution in [0.3, 0.4) is 0 Å². The molecule has 0 aliphatic carbocycles. The van der Waals surface area contributed by atoms with E-state index in [2.05, 4.69) is 9.40 Å². The second-order valence-electron chi connectivity index (χ2n) is 5.00. The summed E-state index contributed by atoms with van der Waals surface area (Å²) in [7, 11) is -0.767. The number of rotatable bonds is 2. The lowest BCUT2D eigenvalue weighted by molar-refractivity contribution is 0.00578. The van der Waals surface area contributed by atoms with Gasteiger partial charge in [-0.15, -0.1) is 0 Å².